The summed E-state index contributed by atoms with van der Waals surface area (Å²) in [6.45, 7) is 2.11. The highest BCUT2D eigenvalue weighted by atomic mass is 16.2. The molecule has 26 heavy (non-hydrogen) atoms. The molecule has 0 unspecified atom stereocenters. The number of hydrogen-bond donors (Lipinski definition) is 2. The Morgan fingerprint density at radius 1 is 0.962 bits per heavy atom. The lowest BCUT2D eigenvalue weighted by Crippen LogP contribution is -2.61. The molecule has 0 radical (unpaired) electrons. The van der Waals surface area contributed by atoms with Gasteiger partial charge in [0.2, 0.25) is 0 Å². The Bertz CT molecular complexity index is 1130. The maximum Gasteiger partial charge on any atom is 0.347 e. The largest absolute Gasteiger partial charge is 0.347 e. The molecule has 10 nitrogen and oxygen atoms in total. The molecule has 5 atom stereocenters. The highest BCUT2D eigenvalue weighted by Gasteiger charge is 2.61. The van der Waals surface area contributed by atoms with Gasteiger partial charge in [0.05, 0.1) is 18.1 Å². The van der Waals surface area contributed by atoms with Gasteiger partial charge in [0.15, 0.2) is 0 Å². The van der Waals surface area contributed by atoms with Crippen LogP contribution < -0.4 is 22.8 Å². The third kappa shape index (κ3) is 1.62. The van der Waals surface area contributed by atoms with Crippen molar-refractivity contribution in [1.82, 2.24) is 28.7 Å². The van der Waals surface area contributed by atoms with Crippen LogP contribution >= 0.6 is 0 Å². The second kappa shape index (κ2) is 4.80. The first-order chi connectivity index (χ1) is 12.4. The summed E-state index contributed by atoms with van der Waals surface area (Å²) < 4.78 is 5.84. The molecular weight excluding hydrogens is 340 g/mol. The average Bonchev–Trinajstić information content (AvgIpc) is 3.07. The summed E-state index contributed by atoms with van der Waals surface area (Å²) >= 11 is 0. The van der Waals surface area contributed by atoms with Crippen molar-refractivity contribution in [2.45, 2.75) is 57.2 Å². The SMILES string of the molecule is Cn1c(=O)n2n(c1=O)[C@H]1CC[C@@H]2[C@H]2CCC[C@@H](n3[nH]c(=O)[nH]c3=O)[C@]21C. The Morgan fingerprint density at radius 2 is 1.69 bits per heavy atom. The summed E-state index contributed by atoms with van der Waals surface area (Å²) in [6, 6.07) is -0.429. The van der Waals surface area contributed by atoms with Gasteiger partial charge in [-0.15, -0.1) is 0 Å². The molecule has 2 aromatic heterocycles. The lowest BCUT2D eigenvalue weighted by atomic mass is 9.53. The van der Waals surface area contributed by atoms with E-state index < -0.39 is 11.4 Å². The summed E-state index contributed by atoms with van der Waals surface area (Å²) in [4.78, 5) is 51.5. The smallest absolute Gasteiger partial charge is 0.257 e. The maximum absolute atomic E-state index is 12.7. The fourth-order valence-corrected chi connectivity index (χ4v) is 6.13. The molecule has 0 amide bonds. The second-order valence-corrected chi connectivity index (χ2v) is 8.13. The normalized spacial score (nSPS) is 35.3. The Labute approximate surface area is 147 Å². The van der Waals surface area contributed by atoms with Crippen LogP contribution in [0.2, 0.25) is 0 Å². The van der Waals surface area contributed by atoms with Crippen LogP contribution in [-0.4, -0.2) is 28.7 Å². The lowest BCUT2D eigenvalue weighted by molar-refractivity contribution is -0.119. The zero-order valence-corrected chi connectivity index (χ0v) is 14.8. The molecule has 2 aromatic rings. The Kier molecular flexibility index (Phi) is 2.90. The van der Waals surface area contributed by atoms with Gasteiger partial charge in [-0.2, -0.15) is 0 Å². The minimum atomic E-state index is -0.518. The molecule has 2 fully saturated rings. The summed E-state index contributed by atoms with van der Waals surface area (Å²) in [5.74, 6) is 0.185. The molecule has 4 heterocycles. The van der Waals surface area contributed by atoms with E-state index in [-0.39, 0.29) is 40.8 Å². The highest BCUT2D eigenvalue weighted by Crippen LogP contribution is 2.64. The van der Waals surface area contributed by atoms with Crippen LogP contribution in [0.5, 0.6) is 0 Å². The highest BCUT2D eigenvalue weighted by molar-refractivity contribution is 5.10. The topological polar surface area (TPSA) is 120 Å². The van der Waals surface area contributed by atoms with E-state index in [0.29, 0.717) is 0 Å². The van der Waals surface area contributed by atoms with E-state index in [0.717, 1.165) is 32.1 Å². The van der Waals surface area contributed by atoms with Gasteiger partial charge in [-0.3, -0.25) is 4.98 Å². The zero-order chi connectivity index (χ0) is 18.4. The van der Waals surface area contributed by atoms with Crippen LogP contribution in [0.4, 0.5) is 0 Å². The third-order valence-corrected chi connectivity index (χ3v) is 7.21. The molecule has 4 aliphatic rings. The number of aromatic nitrogens is 6. The minimum absolute atomic E-state index is 0.0458. The van der Waals surface area contributed by atoms with Crippen LogP contribution in [0, 0.1) is 11.3 Å². The van der Waals surface area contributed by atoms with Crippen LogP contribution in [-0.2, 0) is 7.05 Å². The summed E-state index contributed by atoms with van der Waals surface area (Å²) in [5.41, 5.74) is -1.91. The third-order valence-electron chi connectivity index (χ3n) is 7.21. The van der Waals surface area contributed by atoms with Gasteiger partial charge in [-0.25, -0.2) is 42.9 Å². The molecule has 6 rings (SSSR count). The minimum Gasteiger partial charge on any atom is -0.257 e. The number of nitrogens with one attached hydrogen (secondary N) is 2. The number of hydrogen-bond acceptors (Lipinski definition) is 4. The van der Waals surface area contributed by atoms with Gasteiger partial charge in [0.25, 0.3) is 0 Å². The summed E-state index contributed by atoms with van der Waals surface area (Å²) in [6.07, 6.45) is 4.28. The van der Waals surface area contributed by atoms with Crippen molar-refractivity contribution in [2.24, 2.45) is 18.4 Å². The van der Waals surface area contributed by atoms with Gasteiger partial charge < -0.3 is 0 Å². The molecule has 2 bridgehead atoms. The number of nitrogens with zero attached hydrogens (tertiary/aromatic N) is 4. The van der Waals surface area contributed by atoms with Gasteiger partial charge in [0, 0.05) is 12.5 Å². The van der Waals surface area contributed by atoms with Crippen molar-refractivity contribution in [3.63, 3.8) is 0 Å². The van der Waals surface area contributed by atoms with E-state index in [9.17, 15) is 19.2 Å². The van der Waals surface area contributed by atoms with E-state index in [2.05, 4.69) is 17.0 Å². The molecule has 2 aliphatic heterocycles. The average molecular weight is 362 g/mol. The van der Waals surface area contributed by atoms with E-state index >= 15 is 0 Å². The van der Waals surface area contributed by atoms with E-state index in [1.165, 1.54) is 16.3 Å². The van der Waals surface area contributed by atoms with Gasteiger partial charge in [0.1, 0.15) is 0 Å². The van der Waals surface area contributed by atoms with Gasteiger partial charge in [-0.1, -0.05) is 13.3 Å². The second-order valence-electron chi connectivity index (χ2n) is 8.13. The molecule has 0 saturated heterocycles. The quantitative estimate of drug-likeness (QED) is 0.708. The van der Waals surface area contributed by atoms with Crippen molar-refractivity contribution >= 4 is 0 Å². The predicted molar refractivity (Wildman–Crippen MR) is 91.4 cm³/mol. The molecule has 2 N–H and O–H groups in total. The van der Waals surface area contributed by atoms with E-state index in [1.807, 2.05) is 0 Å². The number of H-pyrrole nitrogens is 2. The number of rotatable bonds is 1. The van der Waals surface area contributed by atoms with E-state index in [4.69, 9.17) is 0 Å². The summed E-state index contributed by atoms with van der Waals surface area (Å²) in [5, 5.41) is 2.62. The van der Waals surface area contributed by atoms with Crippen LogP contribution in [0.25, 0.3) is 0 Å². The van der Waals surface area contributed by atoms with Gasteiger partial charge >= 0.3 is 22.8 Å². The number of fused-ring (bicyclic) bond motifs is 1. The lowest BCUT2D eigenvalue weighted by Gasteiger charge is -2.60. The fourth-order valence-electron chi connectivity index (χ4n) is 6.13. The standard InChI is InChI=1S/C16H22N6O4/c1-16-8(4-3-5-10(16)20-13(24)17-12(23)18-20)9-6-7-11(16)22-15(26)19(2)14(25)21(9)22/h8-11H,3-7H2,1-2H3,(H2,17,18,23,24)/t8-,9-,10-,11+,16+/m1/s1. The van der Waals surface area contributed by atoms with Crippen LogP contribution in [0.3, 0.4) is 0 Å². The molecule has 2 aliphatic carbocycles. The number of aromatic amines is 2. The monoisotopic (exact) mass is 362 g/mol. The molecular formula is C16H22N6O4. The van der Waals surface area contributed by atoms with Crippen molar-refractivity contribution in [1.29, 1.82) is 0 Å². The first-order valence-electron chi connectivity index (χ1n) is 9.16. The van der Waals surface area contributed by atoms with Crippen molar-refractivity contribution in [3.05, 3.63) is 41.9 Å². The Morgan fingerprint density at radius 3 is 2.38 bits per heavy atom. The Balaban J connectivity index is 1.77. The van der Waals surface area contributed by atoms with Crippen LogP contribution in [0.15, 0.2) is 19.2 Å². The molecule has 140 valence electrons. The molecule has 2 saturated carbocycles. The van der Waals surface area contributed by atoms with Crippen molar-refractivity contribution < 1.29 is 0 Å². The Hall–Kier alpha value is -2.52. The molecule has 0 spiro atoms. The van der Waals surface area contributed by atoms with Crippen molar-refractivity contribution in [3.8, 4) is 0 Å². The first-order valence-corrected chi connectivity index (χ1v) is 9.16. The summed E-state index contributed by atoms with van der Waals surface area (Å²) in [7, 11) is 1.51. The zero-order valence-electron chi connectivity index (χ0n) is 14.8. The van der Waals surface area contributed by atoms with Crippen molar-refractivity contribution in [2.75, 3.05) is 0 Å². The van der Waals surface area contributed by atoms with E-state index in [1.54, 1.807) is 9.36 Å². The van der Waals surface area contributed by atoms with Crippen LogP contribution in [0.1, 0.15) is 57.2 Å². The van der Waals surface area contributed by atoms with Gasteiger partial charge in [-0.05, 0) is 31.6 Å². The maximum atomic E-state index is 12.7. The molecule has 0 aromatic carbocycles. The fraction of sp³-hybridized carbons (Fsp3) is 0.750. The molecule has 10 heteroatoms. The predicted octanol–water partition coefficient (Wildman–Crippen LogP) is -0.536. The first kappa shape index (κ1) is 15.7.